The molecule has 0 fully saturated rings. The molecule has 22 heavy (non-hydrogen) atoms. The molecule has 1 atom stereocenters. The topological polar surface area (TPSA) is 66.8 Å². The lowest BCUT2D eigenvalue weighted by Crippen LogP contribution is -2.54. The van der Waals surface area contributed by atoms with Crippen molar-refractivity contribution < 1.29 is 19.4 Å². The van der Waals surface area contributed by atoms with Crippen molar-refractivity contribution in [1.82, 2.24) is 0 Å². The summed E-state index contributed by atoms with van der Waals surface area (Å²) in [5, 5.41) is 10.9. The molecule has 0 radical (unpaired) electrons. The predicted molar refractivity (Wildman–Crippen MR) is 81.1 cm³/mol. The van der Waals surface area contributed by atoms with Gasteiger partial charge in [-0.15, -0.1) is 0 Å². The van der Waals surface area contributed by atoms with Crippen LogP contribution in [-0.4, -0.2) is 31.0 Å². The fourth-order valence-electron chi connectivity index (χ4n) is 2.69. The Bertz CT molecular complexity index is 757. The normalized spacial score (nSPS) is 20.8. The molecule has 5 nitrogen and oxygen atoms in total. The average molecular weight is 297 g/mol. The van der Waals surface area contributed by atoms with Crippen molar-refractivity contribution in [2.45, 2.75) is 5.60 Å². The Hall–Kier alpha value is -2.66. The van der Waals surface area contributed by atoms with Crippen LogP contribution in [0.15, 0.2) is 48.5 Å². The van der Waals surface area contributed by atoms with Gasteiger partial charge in [0.25, 0.3) is 5.91 Å². The van der Waals surface area contributed by atoms with E-state index in [-0.39, 0.29) is 11.1 Å². The molecule has 1 heterocycles. The molecule has 2 aromatic carbocycles. The lowest BCUT2D eigenvalue weighted by molar-refractivity contribution is -0.133. The molecule has 2 aromatic rings. The van der Waals surface area contributed by atoms with Gasteiger partial charge in [-0.2, -0.15) is 0 Å². The number of carbonyl (C=O) groups excluding carboxylic acids is 2. The first kappa shape index (κ1) is 14.3. The number of Topliss-reactive ketones (excluding diaryl/α,β-unsaturated/α-hetero) is 1. The quantitative estimate of drug-likeness (QED) is 0.857. The fourth-order valence-corrected chi connectivity index (χ4v) is 2.69. The minimum absolute atomic E-state index is 0.262. The van der Waals surface area contributed by atoms with Crippen LogP contribution in [0.3, 0.4) is 0 Å². The minimum atomic E-state index is -2.20. The Morgan fingerprint density at radius 2 is 1.77 bits per heavy atom. The van der Waals surface area contributed by atoms with E-state index in [9.17, 15) is 14.7 Å². The molecule has 1 N–H and O–H groups in total. The van der Waals surface area contributed by atoms with Crippen LogP contribution in [0.2, 0.25) is 0 Å². The number of fused-ring (bicyclic) bond motifs is 1. The zero-order chi connectivity index (χ0) is 15.9. The monoisotopic (exact) mass is 297 g/mol. The van der Waals surface area contributed by atoms with Crippen LogP contribution in [0, 0.1) is 0 Å². The Labute approximate surface area is 127 Å². The van der Waals surface area contributed by atoms with Crippen LogP contribution in [0.4, 0.5) is 5.69 Å². The van der Waals surface area contributed by atoms with Gasteiger partial charge in [0.2, 0.25) is 11.4 Å². The van der Waals surface area contributed by atoms with E-state index >= 15 is 0 Å². The highest BCUT2D eigenvalue weighted by Gasteiger charge is 2.52. The van der Waals surface area contributed by atoms with Crippen molar-refractivity contribution in [3.8, 4) is 5.75 Å². The molecule has 1 unspecified atom stereocenters. The maximum atomic E-state index is 12.8. The van der Waals surface area contributed by atoms with Gasteiger partial charge < -0.3 is 14.7 Å². The smallest absolute Gasteiger partial charge is 0.271 e. The van der Waals surface area contributed by atoms with Crippen molar-refractivity contribution in [3.05, 3.63) is 59.7 Å². The number of ketones is 1. The Kier molecular flexibility index (Phi) is 3.22. The van der Waals surface area contributed by atoms with Gasteiger partial charge in [-0.1, -0.05) is 30.3 Å². The van der Waals surface area contributed by atoms with Crippen molar-refractivity contribution >= 4 is 17.4 Å². The van der Waals surface area contributed by atoms with Crippen LogP contribution in [0.25, 0.3) is 0 Å². The molecule has 1 aliphatic rings. The summed E-state index contributed by atoms with van der Waals surface area (Å²) in [4.78, 5) is 26.7. The van der Waals surface area contributed by atoms with Gasteiger partial charge in [-0.3, -0.25) is 9.59 Å². The molecule has 1 amide bonds. The number of amides is 1. The van der Waals surface area contributed by atoms with Crippen molar-refractivity contribution in [2.24, 2.45) is 0 Å². The Balaban J connectivity index is 2.21. The Morgan fingerprint density at radius 3 is 2.41 bits per heavy atom. The van der Waals surface area contributed by atoms with Gasteiger partial charge in [-0.25, -0.2) is 0 Å². The summed E-state index contributed by atoms with van der Waals surface area (Å²) < 4.78 is 5.12. The maximum absolute atomic E-state index is 12.8. The molecule has 3 rings (SSSR count). The lowest BCUT2D eigenvalue weighted by atomic mass is 9.81. The second kappa shape index (κ2) is 4.96. The third-order valence-electron chi connectivity index (χ3n) is 3.95. The standard InChI is InChI=1S/C17H15NO4/c1-18-14-10-12(22-2)8-9-13(14)15(19)17(21,16(18)20)11-6-4-3-5-7-11/h3-10,21H,1-2H3. The van der Waals surface area contributed by atoms with Crippen LogP contribution in [0.1, 0.15) is 15.9 Å². The van der Waals surface area contributed by atoms with Gasteiger partial charge in [0.15, 0.2) is 0 Å². The van der Waals surface area contributed by atoms with E-state index in [1.807, 2.05) is 0 Å². The number of methoxy groups -OCH3 is 1. The number of anilines is 1. The van der Waals surface area contributed by atoms with Crippen LogP contribution in [-0.2, 0) is 10.4 Å². The summed E-state index contributed by atoms with van der Waals surface area (Å²) in [6, 6.07) is 13.0. The van der Waals surface area contributed by atoms with E-state index < -0.39 is 17.3 Å². The summed E-state index contributed by atoms with van der Waals surface area (Å²) in [6.45, 7) is 0. The van der Waals surface area contributed by atoms with Crippen molar-refractivity contribution in [2.75, 3.05) is 19.1 Å². The molecule has 0 saturated carbocycles. The lowest BCUT2D eigenvalue weighted by Gasteiger charge is -2.36. The number of hydrogen-bond acceptors (Lipinski definition) is 4. The van der Waals surface area contributed by atoms with E-state index in [0.717, 1.165) is 0 Å². The number of hydrogen-bond donors (Lipinski definition) is 1. The molecular weight excluding hydrogens is 282 g/mol. The second-order valence-corrected chi connectivity index (χ2v) is 5.15. The highest BCUT2D eigenvalue weighted by Crippen LogP contribution is 2.39. The summed E-state index contributed by atoms with van der Waals surface area (Å²) in [5.74, 6) is -0.764. The first-order valence-corrected chi connectivity index (χ1v) is 6.79. The fraction of sp³-hybridized carbons (Fsp3) is 0.176. The predicted octanol–water partition coefficient (Wildman–Crippen LogP) is 1.74. The van der Waals surface area contributed by atoms with Crippen LogP contribution < -0.4 is 9.64 Å². The largest absolute Gasteiger partial charge is 0.497 e. The van der Waals surface area contributed by atoms with Gasteiger partial charge in [0.1, 0.15) is 5.75 Å². The summed E-state index contributed by atoms with van der Waals surface area (Å²) >= 11 is 0. The third-order valence-corrected chi connectivity index (χ3v) is 3.95. The SMILES string of the molecule is COc1ccc2c(c1)N(C)C(=O)C(O)(c1ccccc1)C2=O. The number of likely N-dealkylation sites (N-methyl/N-ethyl adjacent to an activating group) is 1. The number of benzene rings is 2. The second-order valence-electron chi connectivity index (χ2n) is 5.15. The molecule has 0 saturated heterocycles. The number of rotatable bonds is 2. The minimum Gasteiger partial charge on any atom is -0.497 e. The van der Waals surface area contributed by atoms with E-state index in [4.69, 9.17) is 4.74 Å². The number of carbonyl (C=O) groups is 2. The summed E-state index contributed by atoms with van der Waals surface area (Å²) in [7, 11) is 3.04. The molecular formula is C17H15NO4. The van der Waals surface area contributed by atoms with E-state index in [1.54, 1.807) is 48.5 Å². The maximum Gasteiger partial charge on any atom is 0.271 e. The zero-order valence-corrected chi connectivity index (χ0v) is 12.2. The molecule has 0 bridgehead atoms. The highest BCUT2D eigenvalue weighted by molar-refractivity contribution is 6.27. The van der Waals surface area contributed by atoms with Crippen molar-refractivity contribution in [3.63, 3.8) is 0 Å². The van der Waals surface area contributed by atoms with Crippen LogP contribution in [0.5, 0.6) is 5.75 Å². The molecule has 0 aromatic heterocycles. The Morgan fingerprint density at radius 1 is 1.09 bits per heavy atom. The van der Waals surface area contributed by atoms with Crippen LogP contribution >= 0.6 is 0 Å². The molecule has 0 spiro atoms. The highest BCUT2D eigenvalue weighted by atomic mass is 16.5. The first-order valence-electron chi connectivity index (χ1n) is 6.79. The van der Waals surface area contributed by atoms with E-state index in [0.29, 0.717) is 11.4 Å². The molecule has 1 aliphatic heterocycles. The summed E-state index contributed by atoms with van der Waals surface area (Å²) in [5.41, 5.74) is -1.22. The van der Waals surface area contributed by atoms with Gasteiger partial charge in [0, 0.05) is 24.2 Å². The average Bonchev–Trinajstić information content (AvgIpc) is 2.58. The van der Waals surface area contributed by atoms with Gasteiger partial charge in [0.05, 0.1) is 12.8 Å². The number of nitrogens with zero attached hydrogens (tertiary/aromatic N) is 1. The van der Waals surface area contributed by atoms with Gasteiger partial charge in [-0.05, 0) is 12.1 Å². The first-order chi connectivity index (χ1) is 10.5. The summed E-state index contributed by atoms with van der Waals surface area (Å²) in [6.07, 6.45) is 0. The number of ether oxygens (including phenoxy) is 1. The van der Waals surface area contributed by atoms with E-state index in [1.165, 1.54) is 19.1 Å². The third kappa shape index (κ3) is 1.83. The molecule has 0 aliphatic carbocycles. The molecule has 112 valence electrons. The van der Waals surface area contributed by atoms with Crippen molar-refractivity contribution in [1.29, 1.82) is 0 Å². The van der Waals surface area contributed by atoms with Gasteiger partial charge >= 0.3 is 0 Å². The zero-order valence-electron chi connectivity index (χ0n) is 12.2. The molecule has 5 heteroatoms. The van der Waals surface area contributed by atoms with E-state index in [2.05, 4.69) is 0 Å². The number of aliphatic hydroxyl groups is 1.